The average Bonchev–Trinajstić information content (AvgIpc) is 2.70. The van der Waals surface area contributed by atoms with E-state index >= 15 is 0 Å². The van der Waals surface area contributed by atoms with Gasteiger partial charge >= 0.3 is 5.97 Å². The molecule has 2 aromatic heterocycles. The number of benzene rings is 1. The molecule has 0 spiro atoms. The molecule has 0 atom stereocenters. The monoisotopic (exact) mass is 432 g/mol. The zero-order valence-corrected chi connectivity index (χ0v) is 17.2. The molecule has 0 amide bonds. The fourth-order valence-corrected chi connectivity index (χ4v) is 2.97. The highest BCUT2D eigenvalue weighted by atomic mass is 35.5. The van der Waals surface area contributed by atoms with Crippen LogP contribution in [0, 0.1) is 0 Å². The zero-order valence-electron chi connectivity index (χ0n) is 15.6. The summed E-state index contributed by atoms with van der Waals surface area (Å²) in [4.78, 5) is 32.9. The van der Waals surface area contributed by atoms with Gasteiger partial charge in [0.15, 0.2) is 5.16 Å². The Morgan fingerprint density at radius 2 is 1.90 bits per heavy atom. The third-order valence-corrected chi connectivity index (χ3v) is 4.77. The van der Waals surface area contributed by atoms with Crippen LogP contribution < -0.4 is 14.9 Å². The number of ether oxygens (including phenoxy) is 2. The maximum Gasteiger partial charge on any atom is 0.355 e. The van der Waals surface area contributed by atoms with Gasteiger partial charge in [0.05, 0.1) is 5.75 Å². The van der Waals surface area contributed by atoms with Gasteiger partial charge in [-0.1, -0.05) is 23.4 Å². The van der Waals surface area contributed by atoms with Gasteiger partial charge in [0.1, 0.15) is 17.8 Å². The smallest absolute Gasteiger partial charge is 0.355 e. The van der Waals surface area contributed by atoms with Gasteiger partial charge in [0.25, 0.3) is 0 Å². The summed E-state index contributed by atoms with van der Waals surface area (Å²) in [5.41, 5.74) is -1.81. The quantitative estimate of drug-likeness (QED) is 0.312. The Kier molecular flexibility index (Phi) is 6.56. The van der Waals surface area contributed by atoms with E-state index in [1.54, 1.807) is 42.7 Å². The van der Waals surface area contributed by atoms with Crippen molar-refractivity contribution in [2.45, 2.75) is 30.4 Å². The lowest BCUT2D eigenvalue weighted by molar-refractivity contribution is -0.149. The normalized spacial score (nSPS) is 11.1. The molecular formula is C20H17ClN2O5S. The van der Waals surface area contributed by atoms with Gasteiger partial charge in [-0.2, -0.15) is 0 Å². The SMILES string of the molecule is CC(C)(Oc1ccc(Cl)cc1)C(=O)Oc1coc(CSc2ncccn2)cc1=O. The van der Waals surface area contributed by atoms with Crippen LogP contribution in [0.15, 0.2) is 69.4 Å². The number of aromatic nitrogens is 2. The van der Waals surface area contributed by atoms with E-state index in [1.807, 2.05) is 0 Å². The minimum Gasteiger partial charge on any atom is -0.476 e. The average molecular weight is 433 g/mol. The van der Waals surface area contributed by atoms with Crippen LogP contribution in [0.2, 0.25) is 5.02 Å². The summed E-state index contributed by atoms with van der Waals surface area (Å²) >= 11 is 7.16. The fraction of sp³-hybridized carbons (Fsp3) is 0.200. The van der Waals surface area contributed by atoms with E-state index in [9.17, 15) is 9.59 Å². The molecule has 0 N–H and O–H groups in total. The second kappa shape index (κ2) is 9.11. The van der Waals surface area contributed by atoms with Crippen LogP contribution in [-0.4, -0.2) is 21.5 Å². The molecule has 0 bridgehead atoms. The third-order valence-electron chi connectivity index (χ3n) is 3.62. The number of carbonyl (C=O) groups excluding carboxylic acids is 1. The van der Waals surface area contributed by atoms with Crippen molar-refractivity contribution >= 4 is 29.3 Å². The summed E-state index contributed by atoms with van der Waals surface area (Å²) < 4.78 is 16.3. The molecule has 9 heteroatoms. The van der Waals surface area contributed by atoms with Gasteiger partial charge in [-0.3, -0.25) is 4.79 Å². The summed E-state index contributed by atoms with van der Waals surface area (Å²) in [6, 6.07) is 9.54. The van der Waals surface area contributed by atoms with E-state index in [4.69, 9.17) is 25.5 Å². The fourth-order valence-electron chi connectivity index (χ4n) is 2.15. The maximum atomic E-state index is 12.5. The minimum absolute atomic E-state index is 0.215. The highest BCUT2D eigenvalue weighted by molar-refractivity contribution is 7.98. The molecule has 0 unspecified atom stereocenters. The summed E-state index contributed by atoms with van der Waals surface area (Å²) in [6.45, 7) is 3.08. The number of carbonyl (C=O) groups is 1. The first-order valence-electron chi connectivity index (χ1n) is 8.52. The highest BCUT2D eigenvalue weighted by Crippen LogP contribution is 2.23. The van der Waals surface area contributed by atoms with Gasteiger partial charge < -0.3 is 13.9 Å². The van der Waals surface area contributed by atoms with Gasteiger partial charge in [0.2, 0.25) is 16.8 Å². The molecule has 150 valence electrons. The van der Waals surface area contributed by atoms with Crippen LogP contribution in [0.4, 0.5) is 0 Å². The van der Waals surface area contributed by atoms with E-state index in [-0.39, 0.29) is 5.75 Å². The molecule has 0 saturated carbocycles. The van der Waals surface area contributed by atoms with Gasteiger partial charge in [-0.15, -0.1) is 0 Å². The Balaban J connectivity index is 1.63. The molecular weight excluding hydrogens is 416 g/mol. The summed E-state index contributed by atoms with van der Waals surface area (Å²) in [6.07, 6.45) is 4.37. The molecule has 0 aliphatic heterocycles. The second-order valence-electron chi connectivity index (χ2n) is 6.35. The predicted octanol–water partition coefficient (Wildman–Crippen LogP) is 4.14. The Morgan fingerprint density at radius 3 is 2.55 bits per heavy atom. The van der Waals surface area contributed by atoms with E-state index in [2.05, 4.69) is 9.97 Å². The molecule has 0 radical (unpaired) electrons. The van der Waals surface area contributed by atoms with Gasteiger partial charge in [-0.25, -0.2) is 14.8 Å². The van der Waals surface area contributed by atoms with Crippen LogP contribution in [0.25, 0.3) is 0 Å². The summed E-state index contributed by atoms with van der Waals surface area (Å²) in [5.74, 6) is 0.258. The molecule has 3 rings (SSSR count). The van der Waals surface area contributed by atoms with E-state index in [0.29, 0.717) is 27.4 Å². The van der Waals surface area contributed by atoms with Crippen molar-refractivity contribution in [2.24, 2.45) is 0 Å². The number of thioether (sulfide) groups is 1. The number of nitrogens with zero attached hydrogens (tertiary/aromatic N) is 2. The highest BCUT2D eigenvalue weighted by Gasteiger charge is 2.33. The Morgan fingerprint density at radius 1 is 1.21 bits per heavy atom. The molecule has 29 heavy (non-hydrogen) atoms. The molecule has 3 aromatic rings. The summed E-state index contributed by atoms with van der Waals surface area (Å²) in [5, 5.41) is 1.11. The Bertz CT molecular complexity index is 1040. The lowest BCUT2D eigenvalue weighted by atomic mass is 10.1. The van der Waals surface area contributed by atoms with Crippen molar-refractivity contribution < 1.29 is 18.7 Å². The molecule has 7 nitrogen and oxygen atoms in total. The predicted molar refractivity (Wildman–Crippen MR) is 108 cm³/mol. The van der Waals surface area contributed by atoms with Crippen LogP contribution in [0.5, 0.6) is 11.5 Å². The standard InChI is InChI=1S/C20H17ClN2O5S/c1-20(2,28-14-6-4-13(21)5-7-14)18(25)27-17-11-26-15(10-16(17)24)12-29-19-22-8-3-9-23-19/h3-11H,12H2,1-2H3. The number of hydrogen-bond donors (Lipinski definition) is 0. The Hall–Kier alpha value is -2.84. The van der Waals surface area contributed by atoms with E-state index in [1.165, 1.54) is 31.7 Å². The minimum atomic E-state index is -1.33. The number of hydrogen-bond acceptors (Lipinski definition) is 8. The molecule has 0 aliphatic rings. The first-order valence-corrected chi connectivity index (χ1v) is 9.88. The van der Waals surface area contributed by atoms with Crippen molar-refractivity contribution in [1.29, 1.82) is 0 Å². The molecule has 0 fully saturated rings. The summed E-state index contributed by atoms with van der Waals surface area (Å²) in [7, 11) is 0. The topological polar surface area (TPSA) is 91.5 Å². The molecule has 2 heterocycles. The first-order chi connectivity index (χ1) is 13.8. The third kappa shape index (κ3) is 5.82. The second-order valence-corrected chi connectivity index (χ2v) is 7.73. The molecule has 0 saturated heterocycles. The lowest BCUT2D eigenvalue weighted by Gasteiger charge is -2.23. The van der Waals surface area contributed by atoms with Crippen molar-refractivity contribution in [2.75, 3.05) is 0 Å². The zero-order chi connectivity index (χ0) is 20.9. The molecule has 1 aromatic carbocycles. The number of rotatable bonds is 7. The van der Waals surface area contributed by atoms with Gasteiger partial charge in [0, 0.05) is 23.5 Å². The number of esters is 1. The molecule has 0 aliphatic carbocycles. The largest absolute Gasteiger partial charge is 0.476 e. The first kappa shape index (κ1) is 20.9. The van der Waals surface area contributed by atoms with Crippen molar-refractivity contribution in [3.8, 4) is 11.5 Å². The van der Waals surface area contributed by atoms with Crippen LogP contribution >= 0.6 is 23.4 Å². The van der Waals surface area contributed by atoms with Crippen molar-refractivity contribution in [1.82, 2.24) is 9.97 Å². The maximum absolute atomic E-state index is 12.5. The van der Waals surface area contributed by atoms with Crippen LogP contribution in [0.3, 0.4) is 0 Å². The van der Waals surface area contributed by atoms with Crippen LogP contribution in [0.1, 0.15) is 19.6 Å². The van der Waals surface area contributed by atoms with E-state index < -0.39 is 17.0 Å². The van der Waals surface area contributed by atoms with Crippen molar-refractivity contribution in [3.63, 3.8) is 0 Å². The Labute approximate surface area is 176 Å². The van der Waals surface area contributed by atoms with Gasteiger partial charge in [-0.05, 0) is 44.2 Å². The van der Waals surface area contributed by atoms with E-state index in [0.717, 1.165) is 6.26 Å². The number of halogens is 1. The van der Waals surface area contributed by atoms with Crippen molar-refractivity contribution in [3.05, 3.63) is 76.1 Å². The van der Waals surface area contributed by atoms with Crippen LogP contribution in [-0.2, 0) is 10.5 Å². The lowest BCUT2D eigenvalue weighted by Crippen LogP contribution is -2.42.